The lowest BCUT2D eigenvalue weighted by Gasteiger charge is -2.35. The van der Waals surface area contributed by atoms with E-state index < -0.39 is 0 Å². The van der Waals surface area contributed by atoms with E-state index in [-0.39, 0.29) is 5.54 Å². The minimum Gasteiger partial charge on any atom is -0.508 e. The van der Waals surface area contributed by atoms with Crippen LogP contribution in [0.25, 0.3) is 10.8 Å². The molecule has 210 valence electrons. The number of fused-ring (bicyclic) bond motifs is 5. The number of halogens is 1. The number of phenols is 1. The fourth-order valence-corrected chi connectivity index (χ4v) is 9.16. The molecular formula is C32H38BrN5O2. The van der Waals surface area contributed by atoms with Crippen molar-refractivity contribution in [1.82, 2.24) is 20.2 Å². The predicted octanol–water partition coefficient (Wildman–Crippen LogP) is 5.67. The van der Waals surface area contributed by atoms with E-state index in [9.17, 15) is 5.11 Å². The molecule has 0 aliphatic carbocycles. The molecular weight excluding hydrogens is 566 g/mol. The summed E-state index contributed by atoms with van der Waals surface area (Å²) in [6, 6.07) is 11.7. The van der Waals surface area contributed by atoms with Gasteiger partial charge in [-0.05, 0) is 94.0 Å². The third-order valence-electron chi connectivity index (χ3n) is 10.4. The summed E-state index contributed by atoms with van der Waals surface area (Å²) >= 11 is 3.77. The number of nitrogens with zero attached hydrogens (tertiary/aromatic N) is 4. The molecule has 40 heavy (non-hydrogen) atoms. The second-order valence-electron chi connectivity index (χ2n) is 12.8. The Hall–Kier alpha value is -2.42. The van der Waals surface area contributed by atoms with E-state index in [0.717, 1.165) is 52.4 Å². The highest BCUT2D eigenvalue weighted by Gasteiger charge is 2.45. The summed E-state index contributed by atoms with van der Waals surface area (Å²) in [4.78, 5) is 15.3. The molecule has 5 aliphatic rings. The first kappa shape index (κ1) is 25.3. The fourth-order valence-electron chi connectivity index (χ4n) is 8.58. The molecule has 8 rings (SSSR count). The Morgan fingerprint density at radius 2 is 1.85 bits per heavy atom. The Bertz CT molecular complexity index is 1440. The maximum atomic E-state index is 10.6. The van der Waals surface area contributed by atoms with Crippen LogP contribution in [0.5, 0.6) is 11.8 Å². The van der Waals surface area contributed by atoms with Crippen molar-refractivity contribution >= 4 is 32.4 Å². The number of benzene rings is 2. The van der Waals surface area contributed by atoms with Crippen molar-refractivity contribution < 1.29 is 9.84 Å². The molecule has 4 saturated heterocycles. The largest absolute Gasteiger partial charge is 0.508 e. The first-order valence-corrected chi connectivity index (χ1v) is 16.0. The third kappa shape index (κ3) is 4.29. The molecule has 2 unspecified atom stereocenters. The lowest BCUT2D eigenvalue weighted by molar-refractivity contribution is 0.107. The van der Waals surface area contributed by atoms with Gasteiger partial charge < -0.3 is 20.1 Å². The summed E-state index contributed by atoms with van der Waals surface area (Å²) in [6.45, 7) is 4.64. The van der Waals surface area contributed by atoms with E-state index in [1.165, 1.54) is 62.9 Å². The number of aromatic nitrogens is 2. The number of piperidine rings is 1. The van der Waals surface area contributed by atoms with Gasteiger partial charge in [-0.15, -0.1) is 0 Å². The van der Waals surface area contributed by atoms with Gasteiger partial charge in [0.1, 0.15) is 12.4 Å². The maximum Gasteiger partial charge on any atom is 0.316 e. The average molecular weight is 605 g/mol. The number of hydrogen-bond acceptors (Lipinski definition) is 7. The SMILES string of the molecule is Oc1cc(N2CCc3c(nc(OCC45CCCN4CCC5)nc3C3CC4CCC(C3)N4)C2)c2c(Br)cccc2c1. The number of phenolic OH excluding ortho intramolecular Hbond substituents is 1. The number of nitrogens with one attached hydrogen (secondary N) is 1. The molecule has 2 bridgehead atoms. The summed E-state index contributed by atoms with van der Waals surface area (Å²) in [5, 5.41) is 16.6. The number of anilines is 1. The van der Waals surface area contributed by atoms with Crippen LogP contribution in [0.1, 0.15) is 74.2 Å². The van der Waals surface area contributed by atoms with E-state index in [2.05, 4.69) is 43.2 Å². The predicted molar refractivity (Wildman–Crippen MR) is 160 cm³/mol. The lowest BCUT2D eigenvalue weighted by Crippen LogP contribution is -2.43. The van der Waals surface area contributed by atoms with Crippen molar-refractivity contribution in [3.05, 3.63) is 51.8 Å². The Balaban J connectivity index is 1.15. The summed E-state index contributed by atoms with van der Waals surface area (Å²) in [5.41, 5.74) is 4.88. The highest BCUT2D eigenvalue weighted by molar-refractivity contribution is 9.10. The van der Waals surface area contributed by atoms with Gasteiger partial charge in [0.15, 0.2) is 0 Å². The summed E-state index contributed by atoms with van der Waals surface area (Å²) < 4.78 is 7.61. The lowest BCUT2D eigenvalue weighted by atomic mass is 9.85. The van der Waals surface area contributed by atoms with Gasteiger partial charge in [-0.25, -0.2) is 0 Å². The summed E-state index contributed by atoms with van der Waals surface area (Å²) in [5.74, 6) is 0.758. The minimum atomic E-state index is 0.173. The molecule has 0 spiro atoms. The van der Waals surface area contributed by atoms with Crippen molar-refractivity contribution in [1.29, 1.82) is 0 Å². The smallest absolute Gasteiger partial charge is 0.316 e. The first-order chi connectivity index (χ1) is 19.5. The summed E-state index contributed by atoms with van der Waals surface area (Å²) in [7, 11) is 0. The van der Waals surface area contributed by atoms with Gasteiger partial charge in [0.05, 0.1) is 23.5 Å². The van der Waals surface area contributed by atoms with Crippen LogP contribution in [0, 0.1) is 0 Å². The van der Waals surface area contributed by atoms with E-state index >= 15 is 0 Å². The molecule has 0 saturated carbocycles. The van der Waals surface area contributed by atoms with Crippen LogP contribution in [-0.4, -0.2) is 63.8 Å². The molecule has 2 aromatic carbocycles. The van der Waals surface area contributed by atoms with Crippen LogP contribution < -0.4 is 15.0 Å². The zero-order chi connectivity index (χ0) is 26.8. The Morgan fingerprint density at radius 3 is 2.65 bits per heavy atom. The fraction of sp³-hybridized carbons (Fsp3) is 0.562. The zero-order valence-corrected chi connectivity index (χ0v) is 24.6. The molecule has 5 aliphatic heterocycles. The van der Waals surface area contributed by atoms with Crippen LogP contribution in [-0.2, 0) is 13.0 Å². The van der Waals surface area contributed by atoms with Crippen LogP contribution >= 0.6 is 15.9 Å². The standard InChI is InChI=1S/C32H38BrN5O2/c33-26-5-1-4-20-16-24(39)17-28(29(20)26)37-13-8-25-27(18-37)35-31(40-19-32-9-2-11-38(32)12-3-10-32)36-30(25)21-14-22-6-7-23(15-21)34-22/h1,4-5,16-17,21-23,34,39H,2-3,6-15,18-19H2. The minimum absolute atomic E-state index is 0.173. The van der Waals surface area contributed by atoms with Crippen LogP contribution in [0.15, 0.2) is 34.8 Å². The number of aromatic hydroxyl groups is 1. The molecule has 2 N–H and O–H groups in total. The second kappa shape index (κ2) is 9.85. The molecule has 4 fully saturated rings. The molecule has 1 aromatic heterocycles. The highest BCUT2D eigenvalue weighted by atomic mass is 79.9. The summed E-state index contributed by atoms with van der Waals surface area (Å²) in [6.07, 6.45) is 10.7. The van der Waals surface area contributed by atoms with E-state index in [1.54, 1.807) is 0 Å². The van der Waals surface area contributed by atoms with Crippen molar-refractivity contribution in [3.8, 4) is 11.8 Å². The number of ether oxygens (including phenoxy) is 1. The van der Waals surface area contributed by atoms with E-state index in [4.69, 9.17) is 14.7 Å². The second-order valence-corrected chi connectivity index (χ2v) is 13.7. The number of hydrogen-bond donors (Lipinski definition) is 2. The van der Waals surface area contributed by atoms with Gasteiger partial charge in [0.2, 0.25) is 0 Å². The Labute approximate surface area is 244 Å². The monoisotopic (exact) mass is 603 g/mol. The molecule has 8 heteroatoms. The third-order valence-corrected chi connectivity index (χ3v) is 11.1. The van der Waals surface area contributed by atoms with Crippen LogP contribution in [0.2, 0.25) is 0 Å². The van der Waals surface area contributed by atoms with Gasteiger partial charge in [-0.1, -0.05) is 28.1 Å². The Kier molecular flexibility index (Phi) is 6.23. The van der Waals surface area contributed by atoms with Crippen molar-refractivity contribution in [2.45, 2.75) is 87.9 Å². The normalized spacial score (nSPS) is 27.2. The van der Waals surface area contributed by atoms with Crippen LogP contribution in [0.4, 0.5) is 5.69 Å². The van der Waals surface area contributed by atoms with Gasteiger partial charge in [-0.2, -0.15) is 9.97 Å². The molecule has 2 atom stereocenters. The molecule has 0 radical (unpaired) electrons. The molecule has 3 aromatic rings. The van der Waals surface area contributed by atoms with Gasteiger partial charge >= 0.3 is 6.01 Å². The molecule has 6 heterocycles. The van der Waals surface area contributed by atoms with Crippen LogP contribution in [0.3, 0.4) is 0 Å². The average Bonchev–Trinajstić information content (AvgIpc) is 3.64. The maximum absolute atomic E-state index is 10.6. The zero-order valence-electron chi connectivity index (χ0n) is 23.0. The highest BCUT2D eigenvalue weighted by Crippen LogP contribution is 2.43. The first-order valence-electron chi connectivity index (χ1n) is 15.2. The molecule has 7 nitrogen and oxygen atoms in total. The quantitative estimate of drug-likeness (QED) is 0.389. The van der Waals surface area contributed by atoms with Crippen molar-refractivity contribution in [3.63, 3.8) is 0 Å². The number of rotatable bonds is 5. The van der Waals surface area contributed by atoms with E-state index in [0.29, 0.717) is 42.9 Å². The van der Waals surface area contributed by atoms with E-state index in [1.807, 2.05) is 18.2 Å². The van der Waals surface area contributed by atoms with Gasteiger partial charge in [0.25, 0.3) is 0 Å². The Morgan fingerprint density at radius 1 is 1.05 bits per heavy atom. The van der Waals surface area contributed by atoms with Gasteiger partial charge in [-0.3, -0.25) is 4.90 Å². The van der Waals surface area contributed by atoms with Crippen molar-refractivity contribution in [2.24, 2.45) is 0 Å². The molecule has 0 amide bonds. The van der Waals surface area contributed by atoms with Crippen molar-refractivity contribution in [2.75, 3.05) is 31.1 Å². The topological polar surface area (TPSA) is 73.8 Å². The van der Waals surface area contributed by atoms with Gasteiger partial charge in [0, 0.05) is 46.2 Å².